The lowest BCUT2D eigenvalue weighted by Crippen LogP contribution is -2.48. The number of nitrogens with zero attached hydrogens (tertiary/aromatic N) is 1. The lowest BCUT2D eigenvalue weighted by atomic mass is 9.97. The summed E-state index contributed by atoms with van der Waals surface area (Å²) in [5.41, 5.74) is 6.75. The lowest BCUT2D eigenvalue weighted by Gasteiger charge is -2.38. The van der Waals surface area contributed by atoms with Gasteiger partial charge in [0.05, 0.1) is 0 Å². The first kappa shape index (κ1) is 18.0. The fourth-order valence-electron chi connectivity index (χ4n) is 2.84. The number of piperidine rings is 1. The molecule has 3 N–H and O–H groups in total. The average Bonchev–Trinajstić information content (AvgIpc) is 2.43. The van der Waals surface area contributed by atoms with Crippen LogP contribution in [0.3, 0.4) is 0 Å². The van der Waals surface area contributed by atoms with Gasteiger partial charge in [-0.25, -0.2) is 0 Å². The highest BCUT2D eigenvalue weighted by atomic mass is 35.5. The van der Waals surface area contributed by atoms with Gasteiger partial charge >= 0.3 is 0 Å². The molecule has 5 heteroatoms. The molecule has 0 aliphatic carbocycles. The van der Waals surface area contributed by atoms with Gasteiger partial charge < -0.3 is 11.1 Å². The Hall–Kier alpha value is -1.10. The van der Waals surface area contributed by atoms with Crippen molar-refractivity contribution in [1.29, 1.82) is 0 Å². The molecule has 4 nitrogen and oxygen atoms in total. The van der Waals surface area contributed by atoms with Crippen LogP contribution in [0.15, 0.2) is 30.3 Å². The number of hydrogen-bond acceptors (Lipinski definition) is 3. The molecule has 2 rings (SSSR count). The molecule has 2 atom stereocenters. The fraction of sp³-hybridized carbons (Fsp3) is 0.562. The molecular formula is C16H26ClN3O. The number of hydrogen-bond donors (Lipinski definition) is 2. The Kier molecular flexibility index (Phi) is 7.72. The number of rotatable bonds is 5. The number of benzene rings is 1. The number of nitrogens with one attached hydrogen (secondary N) is 1. The minimum Gasteiger partial charge on any atom is -0.353 e. The van der Waals surface area contributed by atoms with Crippen LogP contribution in [0.4, 0.5) is 0 Å². The third-order valence-corrected chi connectivity index (χ3v) is 3.98. The second-order valence-corrected chi connectivity index (χ2v) is 5.63. The maximum atomic E-state index is 11.6. The van der Waals surface area contributed by atoms with Crippen molar-refractivity contribution in [3.05, 3.63) is 35.9 Å². The van der Waals surface area contributed by atoms with Crippen molar-refractivity contribution in [3.63, 3.8) is 0 Å². The predicted molar refractivity (Wildman–Crippen MR) is 88.4 cm³/mol. The highest BCUT2D eigenvalue weighted by Crippen LogP contribution is 2.19. The Morgan fingerprint density at radius 2 is 2.10 bits per heavy atom. The summed E-state index contributed by atoms with van der Waals surface area (Å²) in [6.07, 6.45) is 2.47. The molecule has 118 valence electrons. The first-order valence-electron chi connectivity index (χ1n) is 7.46. The zero-order valence-electron chi connectivity index (χ0n) is 12.6. The molecule has 1 aliphatic rings. The minimum absolute atomic E-state index is 0. The predicted octanol–water partition coefficient (Wildman–Crippen LogP) is 1.93. The number of carbonyl (C=O) groups excluding carboxylic acids is 1. The molecular weight excluding hydrogens is 286 g/mol. The molecule has 0 saturated carbocycles. The minimum atomic E-state index is 0. The van der Waals surface area contributed by atoms with Crippen LogP contribution in [0.25, 0.3) is 0 Å². The summed E-state index contributed by atoms with van der Waals surface area (Å²) in [6.45, 7) is 4.69. The molecule has 1 heterocycles. The van der Waals surface area contributed by atoms with E-state index in [1.807, 2.05) is 6.07 Å². The van der Waals surface area contributed by atoms with Crippen molar-refractivity contribution in [2.45, 2.75) is 44.8 Å². The van der Waals surface area contributed by atoms with Gasteiger partial charge in [-0.05, 0) is 25.3 Å². The summed E-state index contributed by atoms with van der Waals surface area (Å²) >= 11 is 0. The maximum absolute atomic E-state index is 11.6. The highest BCUT2D eigenvalue weighted by Gasteiger charge is 2.26. The van der Waals surface area contributed by atoms with Gasteiger partial charge in [0.1, 0.15) is 0 Å². The monoisotopic (exact) mass is 311 g/mol. The molecule has 1 aromatic carbocycles. The highest BCUT2D eigenvalue weighted by molar-refractivity contribution is 5.85. The Balaban J connectivity index is 0.00000220. The fourth-order valence-corrected chi connectivity index (χ4v) is 2.84. The van der Waals surface area contributed by atoms with Gasteiger partial charge in [0, 0.05) is 38.1 Å². The number of amides is 1. The summed E-state index contributed by atoms with van der Waals surface area (Å²) in [4.78, 5) is 14.1. The molecule has 21 heavy (non-hydrogen) atoms. The number of carbonyl (C=O) groups is 1. The van der Waals surface area contributed by atoms with Crippen LogP contribution in [0, 0.1) is 0 Å². The maximum Gasteiger partial charge on any atom is 0.221 e. The van der Waals surface area contributed by atoms with Crippen molar-refractivity contribution in [1.82, 2.24) is 10.2 Å². The third-order valence-electron chi connectivity index (χ3n) is 3.98. The molecule has 0 aromatic heterocycles. The van der Waals surface area contributed by atoms with Crippen LogP contribution >= 0.6 is 12.4 Å². The van der Waals surface area contributed by atoms with E-state index in [9.17, 15) is 4.79 Å². The second-order valence-electron chi connectivity index (χ2n) is 5.63. The standard InChI is InChI=1S/C16H25N3O.ClH/c1-13-11-15(18-16(20)7-9-17)8-10-19(13)12-14-5-3-2-4-6-14;/h2-6,13,15H,7-12,17H2,1H3,(H,18,20);1H. The van der Waals surface area contributed by atoms with E-state index in [2.05, 4.69) is 41.4 Å². The summed E-state index contributed by atoms with van der Waals surface area (Å²) in [5, 5.41) is 3.09. The molecule has 0 bridgehead atoms. The summed E-state index contributed by atoms with van der Waals surface area (Å²) in [7, 11) is 0. The van der Waals surface area contributed by atoms with E-state index < -0.39 is 0 Å². The van der Waals surface area contributed by atoms with Gasteiger partial charge in [0.2, 0.25) is 5.91 Å². The van der Waals surface area contributed by atoms with E-state index in [1.165, 1.54) is 5.56 Å². The van der Waals surface area contributed by atoms with E-state index in [0.717, 1.165) is 25.9 Å². The van der Waals surface area contributed by atoms with Crippen LogP contribution in [0.2, 0.25) is 0 Å². The topological polar surface area (TPSA) is 58.4 Å². The second kappa shape index (κ2) is 9.03. The van der Waals surface area contributed by atoms with E-state index in [-0.39, 0.29) is 18.3 Å². The van der Waals surface area contributed by atoms with E-state index in [1.54, 1.807) is 0 Å². The van der Waals surface area contributed by atoms with Gasteiger partial charge in [0.25, 0.3) is 0 Å². The molecule has 1 saturated heterocycles. The molecule has 1 aromatic rings. The van der Waals surface area contributed by atoms with Crippen LogP contribution in [-0.4, -0.2) is 36.0 Å². The Bertz CT molecular complexity index is 427. The van der Waals surface area contributed by atoms with Crippen LogP contribution in [-0.2, 0) is 11.3 Å². The SMILES string of the molecule is CC1CC(NC(=O)CCN)CCN1Cc1ccccc1.Cl. The smallest absolute Gasteiger partial charge is 0.221 e. The Morgan fingerprint density at radius 3 is 2.71 bits per heavy atom. The van der Waals surface area contributed by atoms with Gasteiger partial charge in [0.15, 0.2) is 0 Å². The van der Waals surface area contributed by atoms with E-state index in [0.29, 0.717) is 25.0 Å². The Morgan fingerprint density at radius 1 is 1.38 bits per heavy atom. The molecule has 1 fully saturated rings. The number of halogens is 1. The summed E-state index contributed by atoms with van der Waals surface area (Å²) in [5.74, 6) is 0.0845. The zero-order valence-corrected chi connectivity index (χ0v) is 13.4. The third kappa shape index (κ3) is 5.65. The molecule has 1 aliphatic heterocycles. The van der Waals surface area contributed by atoms with Gasteiger partial charge in [-0.3, -0.25) is 9.69 Å². The first-order chi connectivity index (χ1) is 9.69. The van der Waals surface area contributed by atoms with Gasteiger partial charge in [-0.15, -0.1) is 12.4 Å². The first-order valence-corrected chi connectivity index (χ1v) is 7.46. The summed E-state index contributed by atoms with van der Waals surface area (Å²) in [6, 6.07) is 11.3. The number of likely N-dealkylation sites (tertiary alicyclic amines) is 1. The Labute approximate surface area is 133 Å². The zero-order chi connectivity index (χ0) is 14.4. The van der Waals surface area contributed by atoms with Crippen LogP contribution in [0.5, 0.6) is 0 Å². The lowest BCUT2D eigenvalue weighted by molar-refractivity contribution is -0.122. The number of nitrogens with two attached hydrogens (primary N) is 1. The van der Waals surface area contributed by atoms with Crippen molar-refractivity contribution in [2.75, 3.05) is 13.1 Å². The quantitative estimate of drug-likeness (QED) is 0.873. The largest absolute Gasteiger partial charge is 0.353 e. The average molecular weight is 312 g/mol. The molecule has 2 unspecified atom stereocenters. The van der Waals surface area contributed by atoms with Gasteiger partial charge in [-0.2, -0.15) is 0 Å². The van der Waals surface area contributed by atoms with Crippen molar-refractivity contribution < 1.29 is 4.79 Å². The molecule has 0 spiro atoms. The van der Waals surface area contributed by atoms with Crippen LogP contribution < -0.4 is 11.1 Å². The van der Waals surface area contributed by atoms with Crippen molar-refractivity contribution in [3.8, 4) is 0 Å². The summed E-state index contributed by atoms with van der Waals surface area (Å²) < 4.78 is 0. The van der Waals surface area contributed by atoms with E-state index >= 15 is 0 Å². The van der Waals surface area contributed by atoms with Crippen molar-refractivity contribution >= 4 is 18.3 Å². The molecule has 0 radical (unpaired) electrons. The van der Waals surface area contributed by atoms with Gasteiger partial charge in [-0.1, -0.05) is 30.3 Å². The molecule has 1 amide bonds. The van der Waals surface area contributed by atoms with Crippen LogP contribution in [0.1, 0.15) is 31.7 Å². The van der Waals surface area contributed by atoms with Crippen molar-refractivity contribution in [2.24, 2.45) is 5.73 Å². The van der Waals surface area contributed by atoms with E-state index in [4.69, 9.17) is 5.73 Å². The normalized spacial score (nSPS) is 22.4.